The molecule has 1 aromatic carbocycles. The van der Waals surface area contributed by atoms with Crippen LogP contribution in [0.4, 0.5) is 4.39 Å². The molecule has 1 aromatic heterocycles. The first-order valence-corrected chi connectivity index (χ1v) is 7.34. The third-order valence-electron chi connectivity index (χ3n) is 3.99. The van der Waals surface area contributed by atoms with Crippen LogP contribution in [0, 0.1) is 5.82 Å². The molecule has 2 heterocycles. The summed E-state index contributed by atoms with van der Waals surface area (Å²) in [5.41, 5.74) is 0.897. The van der Waals surface area contributed by atoms with Crippen molar-refractivity contribution in [2.45, 2.75) is 31.8 Å². The van der Waals surface area contributed by atoms with Gasteiger partial charge < -0.3 is 14.6 Å². The average Bonchev–Trinajstić information content (AvgIpc) is 2.91. The Morgan fingerprint density at radius 1 is 1.52 bits per heavy atom. The van der Waals surface area contributed by atoms with Crippen molar-refractivity contribution in [3.8, 4) is 5.75 Å². The number of halogens is 1. The zero-order chi connectivity index (χ0) is 14.8. The molecular weight excluding hydrogens is 269 g/mol. The second-order valence-corrected chi connectivity index (χ2v) is 5.40. The number of aromatic nitrogens is 2. The predicted octanol–water partition coefficient (Wildman–Crippen LogP) is 3.12. The minimum atomic E-state index is -0.226. The Labute approximate surface area is 124 Å². The van der Waals surface area contributed by atoms with Crippen LogP contribution in [0.2, 0.25) is 0 Å². The van der Waals surface area contributed by atoms with E-state index in [0.29, 0.717) is 6.61 Å². The van der Waals surface area contributed by atoms with Crippen molar-refractivity contribution in [3.63, 3.8) is 0 Å². The monoisotopic (exact) mass is 289 g/mol. The molecule has 0 amide bonds. The lowest BCUT2D eigenvalue weighted by atomic mass is 9.99. The maximum Gasteiger partial charge on any atom is 0.125 e. The van der Waals surface area contributed by atoms with E-state index in [-0.39, 0.29) is 17.9 Å². The van der Waals surface area contributed by atoms with Gasteiger partial charge in [0.2, 0.25) is 0 Å². The fraction of sp³-hybridized carbons (Fsp3) is 0.438. The standard InChI is InChI=1S/C16H20FN3O/c1-3-13(16-18-7-8-20(16)2)19-14-6-9-21-15-5-4-11(17)10-12(14)15/h4-5,7-8,10,13-14,19H,3,6,9H2,1-2H3/t13-,14-/m0/s1. The van der Waals surface area contributed by atoms with Crippen molar-refractivity contribution in [2.24, 2.45) is 7.05 Å². The molecule has 0 saturated heterocycles. The van der Waals surface area contributed by atoms with Crippen LogP contribution in [0.1, 0.15) is 43.2 Å². The largest absolute Gasteiger partial charge is 0.493 e. The second-order valence-electron chi connectivity index (χ2n) is 5.40. The third kappa shape index (κ3) is 2.78. The first-order valence-electron chi connectivity index (χ1n) is 7.34. The van der Waals surface area contributed by atoms with Gasteiger partial charge in [0.05, 0.1) is 12.6 Å². The molecule has 1 aliphatic heterocycles. The van der Waals surface area contributed by atoms with Crippen molar-refractivity contribution in [1.82, 2.24) is 14.9 Å². The molecule has 112 valence electrons. The summed E-state index contributed by atoms with van der Waals surface area (Å²) in [6.07, 6.45) is 5.50. The zero-order valence-corrected chi connectivity index (χ0v) is 12.3. The predicted molar refractivity (Wildman–Crippen MR) is 78.6 cm³/mol. The van der Waals surface area contributed by atoms with Gasteiger partial charge in [-0.3, -0.25) is 0 Å². The van der Waals surface area contributed by atoms with E-state index in [1.165, 1.54) is 6.07 Å². The summed E-state index contributed by atoms with van der Waals surface area (Å²) < 4.78 is 21.2. The summed E-state index contributed by atoms with van der Waals surface area (Å²) in [5.74, 6) is 1.55. The Morgan fingerprint density at radius 3 is 3.10 bits per heavy atom. The Hall–Kier alpha value is -1.88. The number of aryl methyl sites for hydroxylation is 1. The second kappa shape index (κ2) is 5.85. The molecule has 0 aliphatic carbocycles. The van der Waals surface area contributed by atoms with Gasteiger partial charge in [-0.25, -0.2) is 9.37 Å². The summed E-state index contributed by atoms with van der Waals surface area (Å²) >= 11 is 0. The van der Waals surface area contributed by atoms with Gasteiger partial charge in [-0.2, -0.15) is 0 Å². The number of rotatable bonds is 4. The van der Waals surface area contributed by atoms with Gasteiger partial charge in [0.15, 0.2) is 0 Å². The van der Waals surface area contributed by atoms with Crippen LogP contribution < -0.4 is 10.1 Å². The molecule has 0 fully saturated rings. The highest BCUT2D eigenvalue weighted by Gasteiger charge is 2.25. The Bertz CT molecular complexity index is 626. The number of hydrogen-bond donors (Lipinski definition) is 1. The van der Waals surface area contributed by atoms with Gasteiger partial charge in [0, 0.05) is 37.5 Å². The molecule has 21 heavy (non-hydrogen) atoms. The summed E-state index contributed by atoms with van der Waals surface area (Å²) in [6.45, 7) is 2.77. The fourth-order valence-electron chi connectivity index (χ4n) is 2.87. The van der Waals surface area contributed by atoms with Crippen LogP contribution >= 0.6 is 0 Å². The van der Waals surface area contributed by atoms with E-state index >= 15 is 0 Å². The van der Waals surface area contributed by atoms with Gasteiger partial charge in [-0.05, 0) is 24.6 Å². The number of benzene rings is 1. The van der Waals surface area contributed by atoms with Crippen molar-refractivity contribution in [3.05, 3.63) is 47.8 Å². The lowest BCUT2D eigenvalue weighted by Gasteiger charge is -2.30. The van der Waals surface area contributed by atoms with Crippen molar-refractivity contribution in [2.75, 3.05) is 6.61 Å². The van der Waals surface area contributed by atoms with E-state index < -0.39 is 0 Å². The summed E-state index contributed by atoms with van der Waals surface area (Å²) in [5, 5.41) is 3.60. The molecule has 3 rings (SSSR count). The van der Waals surface area contributed by atoms with Gasteiger partial charge in [-0.15, -0.1) is 0 Å². The minimum Gasteiger partial charge on any atom is -0.493 e. The minimum absolute atomic E-state index is 0.0890. The molecule has 0 spiro atoms. The maximum absolute atomic E-state index is 13.5. The number of nitrogens with one attached hydrogen (secondary N) is 1. The van der Waals surface area contributed by atoms with Crippen LogP contribution in [-0.2, 0) is 7.05 Å². The Morgan fingerprint density at radius 2 is 2.38 bits per heavy atom. The van der Waals surface area contributed by atoms with Gasteiger partial charge in [0.25, 0.3) is 0 Å². The molecule has 4 nitrogen and oxygen atoms in total. The SMILES string of the molecule is CC[C@H](N[C@H]1CCOc2ccc(F)cc21)c1nccn1C. The van der Waals surface area contributed by atoms with Gasteiger partial charge in [0.1, 0.15) is 17.4 Å². The smallest absolute Gasteiger partial charge is 0.125 e. The van der Waals surface area contributed by atoms with Crippen LogP contribution in [-0.4, -0.2) is 16.2 Å². The lowest BCUT2D eigenvalue weighted by Crippen LogP contribution is -2.31. The molecule has 1 aliphatic rings. The van der Waals surface area contributed by atoms with E-state index in [0.717, 1.165) is 30.0 Å². The Balaban J connectivity index is 1.85. The van der Waals surface area contributed by atoms with E-state index in [2.05, 4.69) is 17.2 Å². The first kappa shape index (κ1) is 14.1. The lowest BCUT2D eigenvalue weighted by molar-refractivity contribution is 0.240. The highest BCUT2D eigenvalue weighted by atomic mass is 19.1. The number of fused-ring (bicyclic) bond motifs is 1. The van der Waals surface area contributed by atoms with Crippen molar-refractivity contribution in [1.29, 1.82) is 0 Å². The molecule has 2 atom stereocenters. The molecule has 2 aromatic rings. The molecule has 0 saturated carbocycles. The maximum atomic E-state index is 13.5. The number of ether oxygens (including phenoxy) is 1. The van der Waals surface area contributed by atoms with E-state index in [4.69, 9.17) is 4.74 Å². The summed E-state index contributed by atoms with van der Waals surface area (Å²) in [7, 11) is 1.99. The number of hydrogen-bond acceptors (Lipinski definition) is 3. The first-order chi connectivity index (χ1) is 10.2. The number of imidazole rings is 1. The van der Waals surface area contributed by atoms with Crippen molar-refractivity contribution >= 4 is 0 Å². The molecule has 5 heteroatoms. The topological polar surface area (TPSA) is 39.1 Å². The molecule has 0 unspecified atom stereocenters. The van der Waals surface area contributed by atoms with Gasteiger partial charge >= 0.3 is 0 Å². The van der Waals surface area contributed by atoms with Crippen LogP contribution in [0.25, 0.3) is 0 Å². The van der Waals surface area contributed by atoms with Crippen LogP contribution in [0.5, 0.6) is 5.75 Å². The van der Waals surface area contributed by atoms with E-state index in [1.54, 1.807) is 18.3 Å². The van der Waals surface area contributed by atoms with E-state index in [1.807, 2.05) is 17.8 Å². The summed E-state index contributed by atoms with van der Waals surface area (Å²) in [4.78, 5) is 4.42. The highest BCUT2D eigenvalue weighted by molar-refractivity contribution is 5.38. The average molecular weight is 289 g/mol. The van der Waals surface area contributed by atoms with E-state index in [9.17, 15) is 4.39 Å². The third-order valence-corrected chi connectivity index (χ3v) is 3.99. The quantitative estimate of drug-likeness (QED) is 0.940. The Kier molecular flexibility index (Phi) is 3.92. The fourth-order valence-corrected chi connectivity index (χ4v) is 2.87. The summed E-state index contributed by atoms with van der Waals surface area (Å²) in [6, 6.07) is 4.95. The molecule has 1 N–H and O–H groups in total. The normalized spacial score (nSPS) is 18.9. The van der Waals surface area contributed by atoms with Gasteiger partial charge in [-0.1, -0.05) is 6.92 Å². The van der Waals surface area contributed by atoms with Crippen molar-refractivity contribution < 1.29 is 9.13 Å². The van der Waals surface area contributed by atoms with Crippen LogP contribution in [0.15, 0.2) is 30.6 Å². The molecule has 0 radical (unpaired) electrons. The number of nitrogens with zero attached hydrogens (tertiary/aromatic N) is 2. The van der Waals surface area contributed by atoms with Crippen LogP contribution in [0.3, 0.4) is 0 Å². The molecule has 0 bridgehead atoms. The molecular formula is C16H20FN3O. The highest BCUT2D eigenvalue weighted by Crippen LogP contribution is 2.34. The zero-order valence-electron chi connectivity index (χ0n) is 12.3.